The summed E-state index contributed by atoms with van der Waals surface area (Å²) in [7, 11) is 1.63. The monoisotopic (exact) mass is 184 g/mol. The largest absolute Gasteiger partial charge is 0.358 e. The zero-order chi connectivity index (χ0) is 9.68. The molecule has 0 aromatic heterocycles. The molecule has 1 aliphatic heterocycles. The number of likely N-dealkylation sites (tertiary alicyclic amines) is 1. The summed E-state index contributed by atoms with van der Waals surface area (Å²) >= 11 is 0. The number of likely N-dealkylation sites (N-methyl/N-ethyl adjacent to an activating group) is 1. The molecule has 1 atom stereocenters. The molecule has 1 amide bonds. The first-order valence-corrected chi connectivity index (χ1v) is 4.69. The summed E-state index contributed by atoms with van der Waals surface area (Å²) in [5.74, 6) is 0.0292. The van der Waals surface area contributed by atoms with Crippen molar-refractivity contribution in [2.75, 3.05) is 20.1 Å². The summed E-state index contributed by atoms with van der Waals surface area (Å²) in [5.41, 5.74) is 0. The molecule has 74 valence electrons. The van der Waals surface area contributed by atoms with Crippen LogP contribution in [0.2, 0.25) is 0 Å². The highest BCUT2D eigenvalue weighted by atomic mass is 16.2. The Morgan fingerprint density at radius 3 is 3.00 bits per heavy atom. The summed E-state index contributed by atoms with van der Waals surface area (Å²) in [5, 5.41) is 2.63. The highest BCUT2D eigenvalue weighted by Crippen LogP contribution is 2.15. The van der Waals surface area contributed by atoms with Gasteiger partial charge in [-0.15, -0.1) is 0 Å². The molecule has 1 rings (SSSR count). The van der Waals surface area contributed by atoms with Gasteiger partial charge in [-0.1, -0.05) is 6.42 Å². The normalized spacial score (nSPS) is 23.9. The molecule has 4 heteroatoms. The molecule has 0 aromatic carbocycles. The van der Waals surface area contributed by atoms with Gasteiger partial charge in [-0.05, 0) is 19.4 Å². The number of nitrogens with zero attached hydrogens (tertiary/aromatic N) is 1. The fourth-order valence-electron chi connectivity index (χ4n) is 1.77. The second kappa shape index (κ2) is 4.97. The third kappa shape index (κ3) is 2.52. The first-order valence-electron chi connectivity index (χ1n) is 4.69. The van der Waals surface area contributed by atoms with E-state index in [2.05, 4.69) is 5.32 Å². The summed E-state index contributed by atoms with van der Waals surface area (Å²) in [6.45, 7) is 1.23. The molecule has 13 heavy (non-hydrogen) atoms. The Morgan fingerprint density at radius 1 is 1.62 bits per heavy atom. The van der Waals surface area contributed by atoms with Crippen LogP contribution in [-0.4, -0.2) is 43.3 Å². The van der Waals surface area contributed by atoms with Crippen LogP contribution in [0.15, 0.2) is 0 Å². The van der Waals surface area contributed by atoms with Crippen LogP contribution in [0, 0.1) is 0 Å². The number of rotatable bonds is 3. The molecular weight excluding hydrogens is 168 g/mol. The van der Waals surface area contributed by atoms with Gasteiger partial charge >= 0.3 is 0 Å². The lowest BCUT2D eigenvalue weighted by atomic mass is 10.0. The van der Waals surface area contributed by atoms with Gasteiger partial charge in [0.05, 0.1) is 12.6 Å². The zero-order valence-corrected chi connectivity index (χ0v) is 7.95. The average Bonchev–Trinajstić information content (AvgIpc) is 2.18. The molecular formula is C9H16N2O2. The van der Waals surface area contributed by atoms with E-state index >= 15 is 0 Å². The van der Waals surface area contributed by atoms with E-state index in [-0.39, 0.29) is 11.9 Å². The van der Waals surface area contributed by atoms with E-state index in [0.717, 1.165) is 32.1 Å². The Kier molecular flexibility index (Phi) is 3.89. The number of carbonyl (C=O) groups is 2. The molecule has 0 radical (unpaired) electrons. The van der Waals surface area contributed by atoms with Crippen molar-refractivity contribution >= 4 is 12.2 Å². The van der Waals surface area contributed by atoms with Crippen molar-refractivity contribution in [3.05, 3.63) is 0 Å². The van der Waals surface area contributed by atoms with E-state index < -0.39 is 0 Å². The van der Waals surface area contributed by atoms with Crippen molar-refractivity contribution in [1.29, 1.82) is 0 Å². The predicted molar refractivity (Wildman–Crippen MR) is 49.3 cm³/mol. The van der Waals surface area contributed by atoms with Crippen molar-refractivity contribution in [3.8, 4) is 0 Å². The molecule has 0 saturated carbocycles. The van der Waals surface area contributed by atoms with Crippen LogP contribution in [0.5, 0.6) is 0 Å². The van der Waals surface area contributed by atoms with Gasteiger partial charge in [-0.2, -0.15) is 0 Å². The van der Waals surface area contributed by atoms with Crippen LogP contribution < -0.4 is 5.32 Å². The Morgan fingerprint density at radius 2 is 2.38 bits per heavy atom. The number of hydrogen-bond acceptors (Lipinski definition) is 3. The molecule has 0 bridgehead atoms. The number of nitrogens with one attached hydrogen (secondary N) is 1. The second-order valence-electron chi connectivity index (χ2n) is 3.29. The van der Waals surface area contributed by atoms with Gasteiger partial charge < -0.3 is 10.1 Å². The van der Waals surface area contributed by atoms with Crippen LogP contribution >= 0.6 is 0 Å². The standard InChI is InChI=1S/C9H16N2O2/c1-10-9(13)8-4-2-3-5-11(8)6-7-12/h7-8H,2-6H2,1H3,(H,10,13). The highest BCUT2D eigenvalue weighted by molar-refractivity contribution is 5.81. The first-order chi connectivity index (χ1) is 6.29. The predicted octanol–water partition coefficient (Wildman–Crippen LogP) is -0.214. The van der Waals surface area contributed by atoms with Crippen molar-refractivity contribution in [1.82, 2.24) is 10.2 Å². The SMILES string of the molecule is CNC(=O)C1CCCCN1CC=O. The summed E-state index contributed by atoms with van der Waals surface area (Å²) < 4.78 is 0. The number of piperidine rings is 1. The van der Waals surface area contributed by atoms with E-state index in [1.807, 2.05) is 4.90 Å². The van der Waals surface area contributed by atoms with Gasteiger partial charge in [0.2, 0.25) is 5.91 Å². The van der Waals surface area contributed by atoms with E-state index in [0.29, 0.717) is 6.54 Å². The van der Waals surface area contributed by atoms with Crippen molar-refractivity contribution in [2.24, 2.45) is 0 Å². The Labute approximate surface area is 78.3 Å². The lowest BCUT2D eigenvalue weighted by molar-refractivity contribution is -0.127. The molecule has 0 aliphatic carbocycles. The van der Waals surface area contributed by atoms with Crippen molar-refractivity contribution < 1.29 is 9.59 Å². The summed E-state index contributed by atoms with van der Waals surface area (Å²) in [6, 6.07) is -0.0936. The minimum absolute atomic E-state index is 0.0292. The number of aldehydes is 1. The summed E-state index contributed by atoms with van der Waals surface area (Å²) in [4.78, 5) is 23.7. The number of amides is 1. The van der Waals surface area contributed by atoms with Crippen LogP contribution in [0.3, 0.4) is 0 Å². The maximum atomic E-state index is 11.4. The van der Waals surface area contributed by atoms with Crippen LogP contribution in [0.25, 0.3) is 0 Å². The topological polar surface area (TPSA) is 49.4 Å². The Balaban J connectivity index is 2.55. The zero-order valence-electron chi connectivity index (χ0n) is 7.95. The lowest BCUT2D eigenvalue weighted by Crippen LogP contribution is -2.49. The minimum Gasteiger partial charge on any atom is -0.358 e. The molecule has 1 aliphatic rings. The van der Waals surface area contributed by atoms with Crippen LogP contribution in [0.4, 0.5) is 0 Å². The fraction of sp³-hybridized carbons (Fsp3) is 0.778. The van der Waals surface area contributed by atoms with Crippen LogP contribution in [0.1, 0.15) is 19.3 Å². The third-order valence-corrected chi connectivity index (χ3v) is 2.47. The molecule has 1 saturated heterocycles. The first kappa shape index (κ1) is 10.2. The van der Waals surface area contributed by atoms with Gasteiger partial charge in [0.25, 0.3) is 0 Å². The van der Waals surface area contributed by atoms with Crippen LogP contribution in [-0.2, 0) is 9.59 Å². The molecule has 0 spiro atoms. The molecule has 1 heterocycles. The Hall–Kier alpha value is -0.900. The quantitative estimate of drug-likeness (QED) is 0.617. The third-order valence-electron chi connectivity index (χ3n) is 2.47. The molecule has 0 aromatic rings. The molecule has 1 fully saturated rings. The van der Waals surface area contributed by atoms with Gasteiger partial charge in [-0.3, -0.25) is 9.69 Å². The molecule has 1 N–H and O–H groups in total. The maximum absolute atomic E-state index is 11.4. The average molecular weight is 184 g/mol. The summed E-state index contributed by atoms with van der Waals surface area (Å²) in [6.07, 6.45) is 3.89. The van der Waals surface area contributed by atoms with E-state index in [1.54, 1.807) is 7.05 Å². The van der Waals surface area contributed by atoms with Gasteiger partial charge in [0.1, 0.15) is 6.29 Å². The Bertz CT molecular complexity index is 194. The van der Waals surface area contributed by atoms with Gasteiger partial charge in [-0.25, -0.2) is 0 Å². The van der Waals surface area contributed by atoms with Crippen molar-refractivity contribution in [3.63, 3.8) is 0 Å². The molecule has 1 unspecified atom stereocenters. The smallest absolute Gasteiger partial charge is 0.237 e. The molecule has 4 nitrogen and oxygen atoms in total. The van der Waals surface area contributed by atoms with E-state index in [9.17, 15) is 9.59 Å². The fourth-order valence-corrected chi connectivity index (χ4v) is 1.77. The van der Waals surface area contributed by atoms with Gasteiger partial charge in [0, 0.05) is 7.05 Å². The maximum Gasteiger partial charge on any atom is 0.237 e. The number of hydrogen-bond donors (Lipinski definition) is 1. The van der Waals surface area contributed by atoms with Crippen molar-refractivity contribution in [2.45, 2.75) is 25.3 Å². The van der Waals surface area contributed by atoms with E-state index in [4.69, 9.17) is 0 Å². The minimum atomic E-state index is -0.0936. The second-order valence-corrected chi connectivity index (χ2v) is 3.29. The van der Waals surface area contributed by atoms with Gasteiger partial charge in [0.15, 0.2) is 0 Å². The lowest BCUT2D eigenvalue weighted by Gasteiger charge is -2.32. The number of carbonyl (C=O) groups excluding carboxylic acids is 2. The highest BCUT2D eigenvalue weighted by Gasteiger charge is 2.27. The van der Waals surface area contributed by atoms with E-state index in [1.165, 1.54) is 0 Å².